The number of oxime groups is 1. The Kier molecular flexibility index (Phi) is 8.80. The van der Waals surface area contributed by atoms with E-state index in [9.17, 15) is 4.79 Å². The molecule has 2 aromatic rings. The molecule has 0 spiro atoms. The average molecular weight is 432 g/mol. The van der Waals surface area contributed by atoms with Crippen molar-refractivity contribution in [1.29, 1.82) is 0 Å². The Bertz CT molecular complexity index is 901. The molecule has 0 atom stereocenters. The van der Waals surface area contributed by atoms with Gasteiger partial charge in [-0.05, 0) is 51.1 Å². The van der Waals surface area contributed by atoms with E-state index in [4.69, 9.17) is 34.3 Å². The minimum atomic E-state index is -0.728. The lowest BCUT2D eigenvalue weighted by Crippen LogP contribution is -2.15. The van der Waals surface area contributed by atoms with E-state index in [0.717, 1.165) is 0 Å². The quantitative estimate of drug-likeness (QED) is 0.249. The van der Waals surface area contributed by atoms with Crippen molar-refractivity contribution >= 4 is 11.8 Å². The van der Waals surface area contributed by atoms with Crippen LogP contribution in [-0.2, 0) is 4.84 Å². The molecule has 2 aromatic carbocycles. The molecule has 168 valence electrons. The number of rotatable bonds is 11. The number of hydrogen-bond donors (Lipinski definition) is 1. The van der Waals surface area contributed by atoms with Crippen molar-refractivity contribution in [2.24, 2.45) is 10.9 Å². The summed E-state index contributed by atoms with van der Waals surface area (Å²) in [5.41, 5.74) is 6.64. The number of carbonyl (C=O) groups excluding carboxylic acids is 1. The van der Waals surface area contributed by atoms with Crippen molar-refractivity contribution < 1.29 is 33.3 Å². The van der Waals surface area contributed by atoms with Crippen LogP contribution in [0.2, 0.25) is 0 Å². The summed E-state index contributed by atoms with van der Waals surface area (Å²) in [6, 6.07) is 8.00. The second kappa shape index (κ2) is 11.5. The maximum absolute atomic E-state index is 12.6. The Morgan fingerprint density at radius 2 is 1.35 bits per heavy atom. The van der Waals surface area contributed by atoms with Crippen molar-refractivity contribution in [2.45, 2.75) is 20.8 Å². The minimum Gasteiger partial charge on any atom is -0.493 e. The van der Waals surface area contributed by atoms with Crippen molar-refractivity contribution in [3.63, 3.8) is 0 Å². The average Bonchev–Trinajstić information content (AvgIpc) is 2.78. The van der Waals surface area contributed by atoms with Gasteiger partial charge in [0.15, 0.2) is 28.8 Å². The lowest BCUT2D eigenvalue weighted by molar-refractivity contribution is 0.0515. The van der Waals surface area contributed by atoms with Crippen LogP contribution in [0.5, 0.6) is 28.7 Å². The highest BCUT2D eigenvalue weighted by atomic mass is 16.7. The third-order valence-electron chi connectivity index (χ3n) is 4.05. The number of hydrogen-bond acceptors (Lipinski definition) is 8. The number of carbonyl (C=O) groups is 1. The summed E-state index contributed by atoms with van der Waals surface area (Å²) in [7, 11) is 3.04. The SMILES string of the molecule is CCOc1cc(C(=O)O/N=C(/N)c2ccc(OC)c(OC)c2)cc(OCC)c1OCC. The van der Waals surface area contributed by atoms with Crippen LogP contribution < -0.4 is 29.4 Å². The fourth-order valence-electron chi connectivity index (χ4n) is 2.70. The zero-order chi connectivity index (χ0) is 22.8. The topological polar surface area (TPSA) is 111 Å². The molecule has 0 unspecified atom stereocenters. The molecule has 0 aromatic heterocycles. The van der Waals surface area contributed by atoms with Crippen molar-refractivity contribution in [1.82, 2.24) is 0 Å². The Morgan fingerprint density at radius 1 is 0.806 bits per heavy atom. The third-order valence-corrected chi connectivity index (χ3v) is 4.05. The van der Waals surface area contributed by atoms with Gasteiger partial charge in [0.1, 0.15) is 0 Å². The van der Waals surface area contributed by atoms with Crippen LogP contribution in [0.3, 0.4) is 0 Å². The standard InChI is InChI=1S/C22H28N2O7/c1-6-28-18-12-15(13-19(29-7-2)20(18)30-8-3)22(25)31-24-21(23)14-9-10-16(26-4)17(11-14)27-5/h9-13H,6-8H2,1-5H3,(H2,23,24). The van der Waals surface area contributed by atoms with E-state index >= 15 is 0 Å². The summed E-state index contributed by atoms with van der Waals surface area (Å²) in [5.74, 6) is 1.45. The van der Waals surface area contributed by atoms with E-state index < -0.39 is 5.97 Å². The molecule has 2 rings (SSSR count). The van der Waals surface area contributed by atoms with Gasteiger partial charge in [-0.3, -0.25) is 0 Å². The molecule has 0 heterocycles. The highest BCUT2D eigenvalue weighted by Gasteiger charge is 2.19. The maximum Gasteiger partial charge on any atom is 0.366 e. The van der Waals surface area contributed by atoms with Crippen LogP contribution in [0.25, 0.3) is 0 Å². The number of nitrogens with zero attached hydrogens (tertiary/aromatic N) is 1. The van der Waals surface area contributed by atoms with E-state index in [1.54, 1.807) is 18.2 Å². The van der Waals surface area contributed by atoms with Gasteiger partial charge in [0.25, 0.3) is 0 Å². The molecule has 9 heteroatoms. The number of benzene rings is 2. The molecule has 0 saturated carbocycles. The largest absolute Gasteiger partial charge is 0.493 e. The lowest BCUT2D eigenvalue weighted by Gasteiger charge is -2.16. The maximum atomic E-state index is 12.6. The van der Waals surface area contributed by atoms with Gasteiger partial charge in [0.2, 0.25) is 5.75 Å². The molecule has 0 aliphatic rings. The fraction of sp³-hybridized carbons (Fsp3) is 0.364. The molecule has 0 aliphatic carbocycles. The van der Waals surface area contributed by atoms with Gasteiger partial charge >= 0.3 is 5.97 Å². The van der Waals surface area contributed by atoms with E-state index in [0.29, 0.717) is 54.1 Å². The van der Waals surface area contributed by atoms with Gasteiger partial charge in [-0.2, -0.15) is 0 Å². The predicted molar refractivity (Wildman–Crippen MR) is 116 cm³/mol. The first-order chi connectivity index (χ1) is 15.0. The van der Waals surface area contributed by atoms with Gasteiger partial charge in [-0.25, -0.2) is 4.79 Å². The first-order valence-corrected chi connectivity index (χ1v) is 9.82. The molecule has 0 radical (unpaired) electrons. The zero-order valence-corrected chi connectivity index (χ0v) is 18.4. The number of amidine groups is 1. The van der Waals surface area contributed by atoms with Crippen molar-refractivity contribution in [3.05, 3.63) is 41.5 Å². The monoisotopic (exact) mass is 432 g/mol. The molecule has 31 heavy (non-hydrogen) atoms. The lowest BCUT2D eigenvalue weighted by atomic mass is 10.2. The summed E-state index contributed by atoms with van der Waals surface area (Å²) in [6.07, 6.45) is 0. The highest BCUT2D eigenvalue weighted by molar-refractivity contribution is 5.99. The molecule has 0 fully saturated rings. The molecule has 0 aliphatic heterocycles. The first-order valence-electron chi connectivity index (χ1n) is 9.82. The summed E-state index contributed by atoms with van der Waals surface area (Å²) >= 11 is 0. The van der Waals surface area contributed by atoms with Crippen molar-refractivity contribution in [2.75, 3.05) is 34.0 Å². The van der Waals surface area contributed by atoms with Crippen LogP contribution in [0.4, 0.5) is 0 Å². The summed E-state index contributed by atoms with van der Waals surface area (Å²) in [6.45, 7) is 6.68. The smallest absolute Gasteiger partial charge is 0.366 e. The first kappa shape index (κ1) is 23.7. The predicted octanol–water partition coefficient (Wildman–Crippen LogP) is 3.38. The summed E-state index contributed by atoms with van der Waals surface area (Å²) in [5, 5.41) is 3.75. The Hall–Kier alpha value is -3.62. The number of methoxy groups -OCH3 is 2. The molecule has 0 saturated heterocycles. The second-order valence-corrected chi connectivity index (χ2v) is 6.03. The fourth-order valence-corrected chi connectivity index (χ4v) is 2.70. The molecular formula is C22H28N2O7. The number of ether oxygens (including phenoxy) is 5. The van der Waals surface area contributed by atoms with E-state index in [1.165, 1.54) is 26.4 Å². The van der Waals surface area contributed by atoms with Gasteiger partial charge in [0, 0.05) is 5.56 Å². The van der Waals surface area contributed by atoms with E-state index in [-0.39, 0.29) is 11.4 Å². The second-order valence-electron chi connectivity index (χ2n) is 6.03. The molecule has 0 amide bonds. The molecule has 0 bridgehead atoms. The van der Waals surface area contributed by atoms with Crippen LogP contribution in [-0.4, -0.2) is 45.8 Å². The zero-order valence-electron chi connectivity index (χ0n) is 18.4. The molecular weight excluding hydrogens is 404 g/mol. The van der Waals surface area contributed by atoms with Gasteiger partial charge in [0.05, 0.1) is 39.6 Å². The number of nitrogens with two attached hydrogens (primary N) is 1. The van der Waals surface area contributed by atoms with Crippen LogP contribution in [0.15, 0.2) is 35.5 Å². The van der Waals surface area contributed by atoms with Gasteiger partial charge in [-0.1, -0.05) is 5.16 Å². The third kappa shape index (κ3) is 5.94. The van der Waals surface area contributed by atoms with Crippen molar-refractivity contribution in [3.8, 4) is 28.7 Å². The van der Waals surface area contributed by atoms with Gasteiger partial charge in [-0.15, -0.1) is 0 Å². The van der Waals surface area contributed by atoms with Crippen LogP contribution in [0, 0.1) is 0 Å². The van der Waals surface area contributed by atoms with Crippen LogP contribution >= 0.6 is 0 Å². The van der Waals surface area contributed by atoms with E-state index in [2.05, 4.69) is 5.16 Å². The highest BCUT2D eigenvalue weighted by Crippen LogP contribution is 2.39. The van der Waals surface area contributed by atoms with E-state index in [1.807, 2.05) is 20.8 Å². The Morgan fingerprint density at radius 3 is 1.87 bits per heavy atom. The Balaban J connectivity index is 2.29. The minimum absolute atomic E-state index is 0.00435. The van der Waals surface area contributed by atoms with Gasteiger partial charge < -0.3 is 34.3 Å². The van der Waals surface area contributed by atoms with Crippen LogP contribution in [0.1, 0.15) is 36.7 Å². The summed E-state index contributed by atoms with van der Waals surface area (Å²) < 4.78 is 27.3. The normalized spacial score (nSPS) is 10.9. The Labute approximate surface area is 181 Å². The molecule has 2 N–H and O–H groups in total. The summed E-state index contributed by atoms with van der Waals surface area (Å²) in [4.78, 5) is 17.6. The molecule has 9 nitrogen and oxygen atoms in total.